The van der Waals surface area contributed by atoms with Crippen molar-refractivity contribution in [1.29, 1.82) is 0 Å². The predicted octanol–water partition coefficient (Wildman–Crippen LogP) is 2.65. The number of fused-ring (bicyclic) bond motifs is 4. The summed E-state index contributed by atoms with van der Waals surface area (Å²) in [6.45, 7) is 3.64. The van der Waals surface area contributed by atoms with Gasteiger partial charge in [-0.25, -0.2) is 0 Å². The zero-order valence-electron chi connectivity index (χ0n) is 15.0. The van der Waals surface area contributed by atoms with Gasteiger partial charge in [0.25, 0.3) is 5.91 Å². The van der Waals surface area contributed by atoms with Crippen LogP contribution in [0.25, 0.3) is 0 Å². The SMILES string of the molecule is Cc1ccc(C(=O)N2C[C@H]3CC[C@@H](C2)N(Cc2ccccn2)C3=O)cc1. The number of hydrogen-bond donors (Lipinski definition) is 0. The highest BCUT2D eigenvalue weighted by Gasteiger charge is 2.42. The monoisotopic (exact) mass is 349 g/mol. The molecule has 5 heteroatoms. The molecule has 2 amide bonds. The van der Waals surface area contributed by atoms with E-state index in [1.807, 2.05) is 59.2 Å². The van der Waals surface area contributed by atoms with Crippen molar-refractivity contribution in [2.45, 2.75) is 32.4 Å². The Morgan fingerprint density at radius 2 is 1.92 bits per heavy atom. The average Bonchev–Trinajstić information content (AvgIpc) is 2.95. The third kappa shape index (κ3) is 3.21. The van der Waals surface area contributed by atoms with E-state index in [-0.39, 0.29) is 23.8 Å². The van der Waals surface area contributed by atoms with Gasteiger partial charge in [0.15, 0.2) is 0 Å². The standard InChI is InChI=1S/C21H23N3O2/c1-15-5-7-16(8-6-15)20(25)23-12-17-9-10-19(14-23)24(21(17)26)13-18-4-2-3-11-22-18/h2-8,11,17,19H,9-10,12-14H2,1H3/t17-,19+/m1/s1. The van der Waals surface area contributed by atoms with Crippen LogP contribution in [-0.4, -0.2) is 45.7 Å². The summed E-state index contributed by atoms with van der Waals surface area (Å²) in [7, 11) is 0. The van der Waals surface area contributed by atoms with Gasteiger partial charge in [-0.1, -0.05) is 23.8 Å². The number of carbonyl (C=O) groups excluding carboxylic acids is 2. The molecule has 0 radical (unpaired) electrons. The summed E-state index contributed by atoms with van der Waals surface area (Å²) >= 11 is 0. The van der Waals surface area contributed by atoms with E-state index in [9.17, 15) is 9.59 Å². The number of nitrogens with zero attached hydrogens (tertiary/aromatic N) is 3. The van der Waals surface area contributed by atoms with Crippen molar-refractivity contribution in [2.24, 2.45) is 5.92 Å². The molecule has 5 nitrogen and oxygen atoms in total. The topological polar surface area (TPSA) is 53.5 Å². The lowest BCUT2D eigenvalue weighted by Crippen LogP contribution is -2.47. The number of carbonyl (C=O) groups is 2. The van der Waals surface area contributed by atoms with Crippen LogP contribution >= 0.6 is 0 Å². The second kappa shape index (κ2) is 6.90. The molecule has 0 N–H and O–H groups in total. The lowest BCUT2D eigenvalue weighted by molar-refractivity contribution is -0.140. The highest BCUT2D eigenvalue weighted by molar-refractivity contribution is 5.95. The first-order chi connectivity index (χ1) is 12.6. The van der Waals surface area contributed by atoms with Crippen molar-refractivity contribution in [3.05, 3.63) is 65.5 Å². The number of hydrogen-bond acceptors (Lipinski definition) is 3. The molecule has 26 heavy (non-hydrogen) atoms. The van der Waals surface area contributed by atoms with Gasteiger partial charge >= 0.3 is 0 Å². The van der Waals surface area contributed by atoms with E-state index in [1.165, 1.54) is 0 Å². The molecule has 4 heterocycles. The molecule has 2 aromatic rings. The maximum Gasteiger partial charge on any atom is 0.253 e. The van der Waals surface area contributed by atoms with E-state index in [4.69, 9.17) is 0 Å². The van der Waals surface area contributed by atoms with E-state index in [0.29, 0.717) is 25.2 Å². The van der Waals surface area contributed by atoms with Crippen LogP contribution in [0.5, 0.6) is 0 Å². The summed E-state index contributed by atoms with van der Waals surface area (Å²) in [5.74, 6) is 0.0763. The van der Waals surface area contributed by atoms with Crippen molar-refractivity contribution in [1.82, 2.24) is 14.8 Å². The fourth-order valence-corrected chi connectivity index (χ4v) is 3.96. The lowest BCUT2D eigenvalue weighted by Gasteiger charge is -2.35. The molecule has 0 saturated carbocycles. The molecule has 2 bridgehead atoms. The highest BCUT2D eigenvalue weighted by atomic mass is 16.2. The minimum Gasteiger partial charge on any atom is -0.336 e. The molecular formula is C21H23N3O2. The third-order valence-electron chi connectivity index (χ3n) is 5.44. The second-order valence-electron chi connectivity index (χ2n) is 7.29. The Morgan fingerprint density at radius 3 is 2.65 bits per heavy atom. The number of benzene rings is 1. The Kier molecular flexibility index (Phi) is 4.45. The molecule has 3 aliphatic heterocycles. The average molecular weight is 349 g/mol. The Morgan fingerprint density at radius 1 is 1.12 bits per heavy atom. The summed E-state index contributed by atoms with van der Waals surface area (Å²) in [6.07, 6.45) is 3.56. The maximum absolute atomic E-state index is 12.9. The van der Waals surface area contributed by atoms with Crippen LogP contribution in [0.1, 0.15) is 34.5 Å². The van der Waals surface area contributed by atoms with E-state index >= 15 is 0 Å². The molecular weight excluding hydrogens is 326 g/mol. The van der Waals surface area contributed by atoms with Gasteiger partial charge in [0.1, 0.15) is 0 Å². The van der Waals surface area contributed by atoms with Crippen molar-refractivity contribution in [3.63, 3.8) is 0 Å². The summed E-state index contributed by atoms with van der Waals surface area (Å²) < 4.78 is 0. The second-order valence-corrected chi connectivity index (χ2v) is 7.29. The number of pyridine rings is 1. The van der Waals surface area contributed by atoms with Gasteiger partial charge in [-0.15, -0.1) is 0 Å². The molecule has 5 rings (SSSR count). The van der Waals surface area contributed by atoms with Crippen LogP contribution in [0.2, 0.25) is 0 Å². The molecule has 1 aromatic heterocycles. The first kappa shape index (κ1) is 16.8. The molecule has 1 aromatic carbocycles. The predicted molar refractivity (Wildman–Crippen MR) is 98.4 cm³/mol. The van der Waals surface area contributed by atoms with Gasteiger partial charge in [-0.3, -0.25) is 14.6 Å². The minimum atomic E-state index is -0.105. The molecule has 3 saturated heterocycles. The van der Waals surface area contributed by atoms with Gasteiger partial charge in [0, 0.05) is 30.9 Å². The van der Waals surface area contributed by atoms with Crippen molar-refractivity contribution < 1.29 is 9.59 Å². The number of rotatable bonds is 3. The molecule has 0 unspecified atom stereocenters. The molecule has 3 fully saturated rings. The van der Waals surface area contributed by atoms with Gasteiger partial charge in [0.05, 0.1) is 18.2 Å². The van der Waals surface area contributed by atoms with Gasteiger partial charge < -0.3 is 9.80 Å². The Hall–Kier alpha value is -2.69. The van der Waals surface area contributed by atoms with E-state index in [0.717, 1.165) is 24.1 Å². The normalized spacial score (nSPS) is 22.4. The van der Waals surface area contributed by atoms with Gasteiger partial charge in [-0.2, -0.15) is 0 Å². The van der Waals surface area contributed by atoms with Crippen molar-refractivity contribution in [3.8, 4) is 0 Å². The first-order valence-electron chi connectivity index (χ1n) is 9.18. The Labute approximate surface area is 153 Å². The van der Waals surface area contributed by atoms with Crippen molar-refractivity contribution >= 4 is 11.8 Å². The Bertz CT molecular complexity index is 804. The van der Waals surface area contributed by atoms with Gasteiger partial charge in [0.2, 0.25) is 5.91 Å². The van der Waals surface area contributed by atoms with E-state index in [2.05, 4.69) is 4.98 Å². The van der Waals surface area contributed by atoms with Gasteiger partial charge in [-0.05, 0) is 44.0 Å². The fourth-order valence-electron chi connectivity index (χ4n) is 3.96. The minimum absolute atomic E-state index is 0.0226. The molecule has 0 spiro atoms. The summed E-state index contributed by atoms with van der Waals surface area (Å²) in [6, 6.07) is 13.5. The van der Waals surface area contributed by atoms with Crippen LogP contribution < -0.4 is 0 Å². The summed E-state index contributed by atoms with van der Waals surface area (Å²) in [4.78, 5) is 34.0. The molecule has 134 valence electrons. The first-order valence-corrected chi connectivity index (χ1v) is 9.18. The van der Waals surface area contributed by atoms with E-state index < -0.39 is 0 Å². The maximum atomic E-state index is 12.9. The number of aromatic nitrogens is 1. The van der Waals surface area contributed by atoms with Crippen LogP contribution in [0, 0.1) is 12.8 Å². The smallest absolute Gasteiger partial charge is 0.253 e. The third-order valence-corrected chi connectivity index (χ3v) is 5.44. The van der Waals surface area contributed by atoms with Crippen LogP contribution in [-0.2, 0) is 11.3 Å². The Balaban J connectivity index is 1.54. The lowest BCUT2D eigenvalue weighted by atomic mass is 9.94. The van der Waals surface area contributed by atoms with Crippen molar-refractivity contribution in [2.75, 3.05) is 13.1 Å². The highest BCUT2D eigenvalue weighted by Crippen LogP contribution is 2.30. The number of piperidine rings is 1. The van der Waals surface area contributed by atoms with E-state index in [1.54, 1.807) is 6.20 Å². The quantitative estimate of drug-likeness (QED) is 0.856. The molecule has 2 atom stereocenters. The zero-order chi connectivity index (χ0) is 18.1. The fraction of sp³-hybridized carbons (Fsp3) is 0.381. The largest absolute Gasteiger partial charge is 0.336 e. The summed E-state index contributed by atoms with van der Waals surface area (Å²) in [5.41, 5.74) is 2.72. The van der Waals surface area contributed by atoms with Crippen LogP contribution in [0.15, 0.2) is 48.7 Å². The van der Waals surface area contributed by atoms with Crippen LogP contribution in [0.3, 0.4) is 0 Å². The molecule has 0 aliphatic carbocycles. The zero-order valence-corrected chi connectivity index (χ0v) is 15.0. The number of amides is 2. The van der Waals surface area contributed by atoms with Crippen LogP contribution in [0.4, 0.5) is 0 Å². The number of aryl methyl sites for hydroxylation is 1. The summed E-state index contributed by atoms with van der Waals surface area (Å²) in [5, 5.41) is 0. The molecule has 3 aliphatic rings.